The second-order valence-corrected chi connectivity index (χ2v) is 7.54. The van der Waals surface area contributed by atoms with Gasteiger partial charge in [0.1, 0.15) is 0 Å². The molecule has 1 amide bonds. The number of fused-ring (bicyclic) bond motifs is 1. The molecule has 0 fully saturated rings. The molecule has 0 radical (unpaired) electrons. The lowest BCUT2D eigenvalue weighted by atomic mass is 9.99. The Hall–Kier alpha value is -1.95. The number of nitrogens with one attached hydrogen (secondary N) is 1. The second-order valence-electron chi connectivity index (χ2n) is 6.73. The van der Waals surface area contributed by atoms with E-state index in [1.54, 1.807) is 32.4 Å². The van der Waals surface area contributed by atoms with Crippen LogP contribution in [0.3, 0.4) is 0 Å². The van der Waals surface area contributed by atoms with Gasteiger partial charge in [-0.2, -0.15) is 0 Å². The molecule has 2 aromatic carbocycles. The van der Waals surface area contributed by atoms with Gasteiger partial charge in [0, 0.05) is 36.2 Å². The van der Waals surface area contributed by atoms with Gasteiger partial charge in [-0.3, -0.25) is 9.69 Å². The highest BCUT2D eigenvalue weighted by Gasteiger charge is 2.19. The molecule has 1 aliphatic heterocycles. The normalized spacial score (nSPS) is 13.7. The molecule has 2 aromatic rings. The van der Waals surface area contributed by atoms with E-state index in [0.29, 0.717) is 22.2 Å². The summed E-state index contributed by atoms with van der Waals surface area (Å²) in [7, 11) is 3.30. The molecule has 0 aliphatic carbocycles. The largest absolute Gasteiger partial charge is 0.493 e. The lowest BCUT2D eigenvalue weighted by molar-refractivity contribution is -0.120. The number of nitrogens with zero attached hydrogens (tertiary/aromatic N) is 1. The molecule has 28 heavy (non-hydrogen) atoms. The fourth-order valence-corrected chi connectivity index (χ4v) is 3.94. The highest BCUT2D eigenvalue weighted by Crippen LogP contribution is 2.33. The van der Waals surface area contributed by atoms with Crippen LogP contribution in [-0.2, 0) is 24.2 Å². The average Bonchev–Trinajstić information content (AvgIpc) is 2.69. The molecule has 0 atom stereocenters. The highest BCUT2D eigenvalue weighted by molar-refractivity contribution is 6.36. The van der Waals surface area contributed by atoms with Crippen molar-refractivity contribution in [1.82, 2.24) is 10.2 Å². The van der Waals surface area contributed by atoms with E-state index in [9.17, 15) is 4.79 Å². The first-order chi connectivity index (χ1) is 13.5. The van der Waals surface area contributed by atoms with Crippen LogP contribution in [0, 0.1) is 0 Å². The van der Waals surface area contributed by atoms with Gasteiger partial charge in [0.05, 0.1) is 20.6 Å². The molecule has 0 bridgehead atoms. The summed E-state index contributed by atoms with van der Waals surface area (Å²) in [5.74, 6) is 1.42. The maximum atomic E-state index is 12.2. The number of carbonyl (C=O) groups excluding carboxylic acids is 1. The minimum Gasteiger partial charge on any atom is -0.493 e. The number of ether oxygens (including phenoxy) is 2. The Labute approximate surface area is 175 Å². The number of hydrogen-bond acceptors (Lipinski definition) is 4. The Bertz CT molecular complexity index is 838. The van der Waals surface area contributed by atoms with Gasteiger partial charge in [0.2, 0.25) is 5.91 Å². The van der Waals surface area contributed by atoms with E-state index >= 15 is 0 Å². The van der Waals surface area contributed by atoms with Crippen LogP contribution in [0.1, 0.15) is 16.7 Å². The summed E-state index contributed by atoms with van der Waals surface area (Å²) >= 11 is 12.3. The monoisotopic (exact) mass is 422 g/mol. The van der Waals surface area contributed by atoms with Crippen LogP contribution in [-0.4, -0.2) is 44.7 Å². The molecule has 0 saturated heterocycles. The Kier molecular flexibility index (Phi) is 7.05. The maximum Gasteiger partial charge on any atom is 0.224 e. The van der Waals surface area contributed by atoms with Crippen molar-refractivity contribution in [2.45, 2.75) is 19.4 Å². The molecular weight excluding hydrogens is 399 g/mol. The summed E-state index contributed by atoms with van der Waals surface area (Å²) in [4.78, 5) is 14.6. The Morgan fingerprint density at radius 2 is 1.75 bits per heavy atom. The number of benzene rings is 2. The van der Waals surface area contributed by atoms with Crippen molar-refractivity contribution in [2.75, 3.05) is 33.9 Å². The number of rotatable bonds is 7. The van der Waals surface area contributed by atoms with E-state index in [4.69, 9.17) is 32.7 Å². The molecule has 0 saturated carbocycles. The lowest BCUT2D eigenvalue weighted by Gasteiger charge is -2.29. The number of methoxy groups -OCH3 is 2. The van der Waals surface area contributed by atoms with Gasteiger partial charge >= 0.3 is 0 Å². The van der Waals surface area contributed by atoms with E-state index in [0.717, 1.165) is 37.6 Å². The molecule has 7 heteroatoms. The lowest BCUT2D eigenvalue weighted by Crippen LogP contribution is -2.38. The van der Waals surface area contributed by atoms with Crippen molar-refractivity contribution in [3.63, 3.8) is 0 Å². The zero-order chi connectivity index (χ0) is 20.1. The van der Waals surface area contributed by atoms with Gasteiger partial charge in [0.25, 0.3) is 0 Å². The summed E-state index contributed by atoms with van der Waals surface area (Å²) in [6.07, 6.45) is 1.12. The van der Waals surface area contributed by atoms with E-state index in [1.807, 2.05) is 6.07 Å². The van der Waals surface area contributed by atoms with E-state index in [-0.39, 0.29) is 12.3 Å². The minimum atomic E-state index is -0.0844. The molecule has 150 valence electrons. The molecule has 0 unspecified atom stereocenters. The van der Waals surface area contributed by atoms with Gasteiger partial charge in [-0.05, 0) is 47.4 Å². The van der Waals surface area contributed by atoms with Crippen LogP contribution >= 0.6 is 23.2 Å². The summed E-state index contributed by atoms with van der Waals surface area (Å²) < 4.78 is 10.8. The van der Waals surface area contributed by atoms with Gasteiger partial charge in [-0.1, -0.05) is 29.3 Å². The zero-order valence-corrected chi connectivity index (χ0v) is 17.6. The van der Waals surface area contributed by atoms with Crippen molar-refractivity contribution in [3.8, 4) is 11.5 Å². The molecule has 0 spiro atoms. The van der Waals surface area contributed by atoms with Crippen LogP contribution in [0.2, 0.25) is 10.0 Å². The first-order valence-corrected chi connectivity index (χ1v) is 9.93. The average molecular weight is 423 g/mol. The zero-order valence-electron chi connectivity index (χ0n) is 16.1. The van der Waals surface area contributed by atoms with Crippen molar-refractivity contribution < 1.29 is 14.3 Å². The van der Waals surface area contributed by atoms with Crippen LogP contribution in [0.5, 0.6) is 11.5 Å². The molecule has 0 aromatic heterocycles. The summed E-state index contributed by atoms with van der Waals surface area (Å²) in [6, 6.07) is 9.35. The van der Waals surface area contributed by atoms with Crippen LogP contribution in [0.4, 0.5) is 0 Å². The Morgan fingerprint density at radius 3 is 2.39 bits per heavy atom. The number of carbonyl (C=O) groups is 1. The summed E-state index contributed by atoms with van der Waals surface area (Å²) in [5.41, 5.74) is 3.18. The predicted molar refractivity (Wildman–Crippen MR) is 112 cm³/mol. The van der Waals surface area contributed by atoms with E-state index < -0.39 is 0 Å². The third kappa shape index (κ3) is 4.90. The second kappa shape index (κ2) is 9.50. The van der Waals surface area contributed by atoms with E-state index in [1.165, 1.54) is 11.1 Å². The third-order valence-electron chi connectivity index (χ3n) is 4.95. The first kappa shape index (κ1) is 20.8. The van der Waals surface area contributed by atoms with Gasteiger partial charge in [-0.15, -0.1) is 0 Å². The topological polar surface area (TPSA) is 50.8 Å². The predicted octanol–water partition coefficient (Wildman–Crippen LogP) is 3.73. The van der Waals surface area contributed by atoms with Crippen LogP contribution in [0.15, 0.2) is 30.3 Å². The first-order valence-electron chi connectivity index (χ1n) is 9.17. The number of halogens is 2. The Balaban J connectivity index is 1.52. The molecular formula is C21H24Cl2N2O3. The van der Waals surface area contributed by atoms with Crippen molar-refractivity contribution in [2.24, 2.45) is 0 Å². The minimum absolute atomic E-state index is 0.0844. The molecule has 1 N–H and O–H groups in total. The fraction of sp³-hybridized carbons (Fsp3) is 0.381. The van der Waals surface area contributed by atoms with Crippen LogP contribution in [0.25, 0.3) is 0 Å². The maximum absolute atomic E-state index is 12.2. The fourth-order valence-electron chi connectivity index (χ4n) is 3.41. The SMILES string of the molecule is COc1cc2c(cc1OC)CN(CCNC(=O)Cc1c(Cl)cccc1Cl)CC2. The standard InChI is InChI=1S/C21H24Cl2N2O3/c1-27-19-10-14-6-8-25(13-15(14)11-20(19)28-2)9-7-24-21(26)12-16-17(22)4-3-5-18(16)23/h3-5,10-11H,6-9,12-13H2,1-2H3,(H,24,26). The van der Waals surface area contributed by atoms with Gasteiger partial charge in [-0.25, -0.2) is 0 Å². The molecule has 3 rings (SSSR count). The van der Waals surface area contributed by atoms with Crippen molar-refractivity contribution in [1.29, 1.82) is 0 Å². The highest BCUT2D eigenvalue weighted by atomic mass is 35.5. The Morgan fingerprint density at radius 1 is 1.11 bits per heavy atom. The summed E-state index contributed by atoms with van der Waals surface area (Å²) in [6.45, 7) is 3.11. The van der Waals surface area contributed by atoms with Crippen molar-refractivity contribution in [3.05, 3.63) is 57.1 Å². The number of amides is 1. The number of hydrogen-bond donors (Lipinski definition) is 1. The molecule has 1 heterocycles. The molecule has 5 nitrogen and oxygen atoms in total. The molecule has 1 aliphatic rings. The van der Waals surface area contributed by atoms with Crippen molar-refractivity contribution >= 4 is 29.1 Å². The van der Waals surface area contributed by atoms with E-state index in [2.05, 4.69) is 16.3 Å². The third-order valence-corrected chi connectivity index (χ3v) is 5.65. The van der Waals surface area contributed by atoms with Gasteiger partial charge in [0.15, 0.2) is 11.5 Å². The van der Waals surface area contributed by atoms with Gasteiger partial charge < -0.3 is 14.8 Å². The smallest absolute Gasteiger partial charge is 0.224 e. The summed E-state index contributed by atoms with van der Waals surface area (Å²) in [5, 5.41) is 3.98. The quantitative estimate of drug-likeness (QED) is 0.738. The van der Waals surface area contributed by atoms with Crippen LogP contribution < -0.4 is 14.8 Å².